The average Bonchev–Trinajstić information content (AvgIpc) is 2.81. The minimum Gasteiger partial charge on any atom is -0.313 e. The first-order valence-corrected chi connectivity index (χ1v) is 6.74. The molecule has 1 aliphatic heterocycles. The van der Waals surface area contributed by atoms with Crippen molar-refractivity contribution in [3.8, 4) is 0 Å². The van der Waals surface area contributed by atoms with Crippen molar-refractivity contribution in [3.63, 3.8) is 0 Å². The number of hydrogen-bond donors (Lipinski definition) is 2. The summed E-state index contributed by atoms with van der Waals surface area (Å²) in [6.45, 7) is 4.54. The molecule has 1 saturated heterocycles. The highest BCUT2D eigenvalue weighted by molar-refractivity contribution is 7.10. The summed E-state index contributed by atoms with van der Waals surface area (Å²) in [5, 5.41) is 9.31. The number of thiophene rings is 1. The van der Waals surface area contributed by atoms with Crippen LogP contribution >= 0.6 is 11.3 Å². The topological polar surface area (TPSA) is 24.1 Å². The Morgan fingerprint density at radius 3 is 3.20 bits per heavy atom. The van der Waals surface area contributed by atoms with E-state index in [0.717, 1.165) is 6.54 Å². The fourth-order valence-electron chi connectivity index (χ4n) is 2.06. The molecule has 0 spiro atoms. The van der Waals surface area contributed by atoms with Gasteiger partial charge < -0.3 is 10.6 Å². The van der Waals surface area contributed by atoms with Crippen molar-refractivity contribution in [1.82, 2.24) is 10.6 Å². The lowest BCUT2D eigenvalue weighted by molar-refractivity contribution is 0.372. The standard InChI is InChI=1S/C12H20N2S/c1-10(12-6-4-8-15-12)14-9-11-5-2-3-7-13-11/h4,6,8,10-11,13-14H,2-3,5,7,9H2,1H3/t10-,11+/m1/s1. The molecule has 0 amide bonds. The van der Waals surface area contributed by atoms with Gasteiger partial charge in [0.1, 0.15) is 0 Å². The molecule has 0 bridgehead atoms. The van der Waals surface area contributed by atoms with E-state index in [1.165, 1.54) is 30.7 Å². The molecule has 2 rings (SSSR count). The smallest absolute Gasteiger partial charge is 0.0386 e. The van der Waals surface area contributed by atoms with Gasteiger partial charge in [0, 0.05) is 23.5 Å². The molecule has 1 aliphatic rings. The SMILES string of the molecule is C[C@@H](NC[C@@H]1CCCCN1)c1cccs1. The van der Waals surface area contributed by atoms with Crippen LogP contribution in [0.15, 0.2) is 17.5 Å². The van der Waals surface area contributed by atoms with Crippen molar-refractivity contribution in [2.45, 2.75) is 38.3 Å². The Kier molecular flexibility index (Phi) is 4.18. The summed E-state index contributed by atoms with van der Waals surface area (Å²) >= 11 is 1.83. The molecule has 0 unspecified atom stereocenters. The van der Waals surface area contributed by atoms with Crippen molar-refractivity contribution >= 4 is 11.3 Å². The van der Waals surface area contributed by atoms with E-state index < -0.39 is 0 Å². The molecule has 0 aromatic carbocycles. The molecule has 84 valence electrons. The van der Waals surface area contributed by atoms with Gasteiger partial charge in [-0.25, -0.2) is 0 Å². The Morgan fingerprint density at radius 2 is 2.53 bits per heavy atom. The van der Waals surface area contributed by atoms with Gasteiger partial charge in [0.25, 0.3) is 0 Å². The molecule has 3 heteroatoms. The van der Waals surface area contributed by atoms with Crippen molar-refractivity contribution in [2.24, 2.45) is 0 Å². The van der Waals surface area contributed by atoms with Gasteiger partial charge in [0.05, 0.1) is 0 Å². The van der Waals surface area contributed by atoms with Gasteiger partial charge in [-0.1, -0.05) is 12.5 Å². The predicted molar refractivity (Wildman–Crippen MR) is 66.4 cm³/mol. The summed E-state index contributed by atoms with van der Waals surface area (Å²) in [5.74, 6) is 0. The number of piperidine rings is 1. The van der Waals surface area contributed by atoms with Crippen LogP contribution in [0.4, 0.5) is 0 Å². The molecule has 2 heterocycles. The van der Waals surface area contributed by atoms with E-state index in [9.17, 15) is 0 Å². The van der Waals surface area contributed by atoms with Gasteiger partial charge >= 0.3 is 0 Å². The van der Waals surface area contributed by atoms with E-state index in [1.807, 2.05) is 11.3 Å². The summed E-state index contributed by atoms with van der Waals surface area (Å²) in [4.78, 5) is 1.44. The third-order valence-electron chi connectivity index (χ3n) is 3.05. The Labute approximate surface area is 96.1 Å². The van der Waals surface area contributed by atoms with Gasteiger partial charge in [-0.3, -0.25) is 0 Å². The number of rotatable bonds is 4. The fraction of sp³-hybridized carbons (Fsp3) is 0.667. The van der Waals surface area contributed by atoms with E-state index in [1.54, 1.807) is 0 Å². The van der Waals surface area contributed by atoms with Gasteiger partial charge in [-0.15, -0.1) is 11.3 Å². The maximum atomic E-state index is 3.60. The van der Waals surface area contributed by atoms with Crippen LogP contribution in [0.25, 0.3) is 0 Å². The van der Waals surface area contributed by atoms with Crippen LogP contribution in [0.3, 0.4) is 0 Å². The molecular weight excluding hydrogens is 204 g/mol. The molecule has 1 aromatic heterocycles. The second-order valence-corrected chi connectivity index (χ2v) is 5.27. The monoisotopic (exact) mass is 224 g/mol. The van der Waals surface area contributed by atoms with Gasteiger partial charge in [0.15, 0.2) is 0 Å². The van der Waals surface area contributed by atoms with E-state index in [2.05, 4.69) is 35.1 Å². The zero-order valence-corrected chi connectivity index (χ0v) is 10.1. The Bertz CT molecular complexity index is 265. The van der Waals surface area contributed by atoms with Gasteiger partial charge in [-0.05, 0) is 37.8 Å². The largest absolute Gasteiger partial charge is 0.313 e. The molecule has 15 heavy (non-hydrogen) atoms. The van der Waals surface area contributed by atoms with Crippen LogP contribution in [0.5, 0.6) is 0 Å². The van der Waals surface area contributed by atoms with Crippen LogP contribution in [-0.2, 0) is 0 Å². The van der Waals surface area contributed by atoms with Crippen LogP contribution < -0.4 is 10.6 Å². The zero-order valence-electron chi connectivity index (χ0n) is 9.33. The lowest BCUT2D eigenvalue weighted by Crippen LogP contribution is -2.42. The normalized spacial score (nSPS) is 23.9. The molecule has 2 nitrogen and oxygen atoms in total. The zero-order chi connectivity index (χ0) is 10.5. The van der Waals surface area contributed by atoms with Crippen molar-refractivity contribution in [3.05, 3.63) is 22.4 Å². The van der Waals surface area contributed by atoms with Crippen LogP contribution in [-0.4, -0.2) is 19.1 Å². The van der Waals surface area contributed by atoms with Crippen LogP contribution in [0.1, 0.15) is 37.1 Å². The maximum Gasteiger partial charge on any atom is 0.0386 e. The number of nitrogens with one attached hydrogen (secondary N) is 2. The minimum atomic E-state index is 0.494. The first-order valence-electron chi connectivity index (χ1n) is 5.86. The summed E-state index contributed by atoms with van der Waals surface area (Å²) in [6, 6.07) is 5.50. The van der Waals surface area contributed by atoms with E-state index in [-0.39, 0.29) is 0 Å². The minimum absolute atomic E-state index is 0.494. The van der Waals surface area contributed by atoms with Crippen LogP contribution in [0.2, 0.25) is 0 Å². The van der Waals surface area contributed by atoms with Gasteiger partial charge in [0.2, 0.25) is 0 Å². The summed E-state index contributed by atoms with van der Waals surface area (Å²) < 4.78 is 0. The molecule has 0 saturated carbocycles. The molecule has 2 atom stereocenters. The highest BCUT2D eigenvalue weighted by atomic mass is 32.1. The summed E-state index contributed by atoms with van der Waals surface area (Å²) in [6.07, 6.45) is 4.05. The first kappa shape index (κ1) is 11.1. The lowest BCUT2D eigenvalue weighted by Gasteiger charge is -2.25. The summed E-state index contributed by atoms with van der Waals surface area (Å²) in [7, 11) is 0. The summed E-state index contributed by atoms with van der Waals surface area (Å²) in [5.41, 5.74) is 0. The number of hydrogen-bond acceptors (Lipinski definition) is 3. The van der Waals surface area contributed by atoms with E-state index in [4.69, 9.17) is 0 Å². The van der Waals surface area contributed by atoms with Crippen molar-refractivity contribution < 1.29 is 0 Å². The maximum absolute atomic E-state index is 3.60. The Hall–Kier alpha value is -0.380. The van der Waals surface area contributed by atoms with Crippen LogP contribution in [0, 0.1) is 0 Å². The molecule has 0 radical (unpaired) electrons. The average molecular weight is 224 g/mol. The fourth-order valence-corrected chi connectivity index (χ4v) is 2.81. The predicted octanol–water partition coefficient (Wildman–Crippen LogP) is 2.54. The first-order chi connectivity index (χ1) is 7.36. The second kappa shape index (κ2) is 5.64. The quantitative estimate of drug-likeness (QED) is 0.821. The third kappa shape index (κ3) is 3.30. The second-order valence-electron chi connectivity index (χ2n) is 4.29. The van der Waals surface area contributed by atoms with E-state index in [0.29, 0.717) is 12.1 Å². The van der Waals surface area contributed by atoms with Crippen molar-refractivity contribution in [2.75, 3.05) is 13.1 Å². The molecular formula is C12H20N2S. The highest BCUT2D eigenvalue weighted by Gasteiger charge is 2.13. The molecule has 0 aliphatic carbocycles. The van der Waals surface area contributed by atoms with E-state index >= 15 is 0 Å². The molecule has 2 N–H and O–H groups in total. The van der Waals surface area contributed by atoms with Gasteiger partial charge in [-0.2, -0.15) is 0 Å². The lowest BCUT2D eigenvalue weighted by atomic mass is 10.0. The third-order valence-corrected chi connectivity index (χ3v) is 4.11. The molecule has 1 fully saturated rings. The van der Waals surface area contributed by atoms with Crippen molar-refractivity contribution in [1.29, 1.82) is 0 Å². The Balaban J connectivity index is 1.73. The highest BCUT2D eigenvalue weighted by Crippen LogP contribution is 2.18. The Morgan fingerprint density at radius 1 is 1.60 bits per heavy atom. The molecule has 1 aromatic rings.